The lowest BCUT2D eigenvalue weighted by Crippen LogP contribution is -2.28. The lowest BCUT2D eigenvalue weighted by Gasteiger charge is -2.29. The molecule has 1 aliphatic carbocycles. The van der Waals surface area contributed by atoms with Gasteiger partial charge in [-0.05, 0) is 54.5 Å². The number of aryl methyl sites for hydroxylation is 1. The molecule has 0 fully saturated rings. The molecule has 2 heteroatoms. The van der Waals surface area contributed by atoms with E-state index in [1.54, 1.807) is 12.1 Å². The highest BCUT2D eigenvalue weighted by molar-refractivity contribution is 5.36. The van der Waals surface area contributed by atoms with E-state index in [0.29, 0.717) is 6.42 Å². The summed E-state index contributed by atoms with van der Waals surface area (Å²) in [5.74, 6) is 0.257. The van der Waals surface area contributed by atoms with Crippen molar-refractivity contribution in [1.82, 2.24) is 0 Å². The largest absolute Gasteiger partial charge is 0.508 e. The topological polar surface area (TPSA) is 40.5 Å². The Morgan fingerprint density at radius 1 is 1.00 bits per heavy atom. The van der Waals surface area contributed by atoms with Crippen molar-refractivity contribution in [2.75, 3.05) is 0 Å². The lowest BCUT2D eigenvalue weighted by atomic mass is 9.83. The van der Waals surface area contributed by atoms with Crippen LogP contribution in [0.1, 0.15) is 36.0 Å². The molecule has 20 heavy (non-hydrogen) atoms. The highest BCUT2D eigenvalue weighted by Crippen LogP contribution is 2.37. The zero-order chi connectivity index (χ0) is 14.0. The summed E-state index contributed by atoms with van der Waals surface area (Å²) in [6.07, 6.45) is 4.53. The van der Waals surface area contributed by atoms with Gasteiger partial charge in [-0.15, -0.1) is 0 Å². The molecule has 1 unspecified atom stereocenters. The molecule has 0 bridgehead atoms. The Morgan fingerprint density at radius 2 is 1.85 bits per heavy atom. The average molecular weight is 268 g/mol. The van der Waals surface area contributed by atoms with Gasteiger partial charge in [0.1, 0.15) is 5.75 Å². The molecule has 2 nitrogen and oxygen atoms in total. The van der Waals surface area contributed by atoms with Crippen molar-refractivity contribution in [2.24, 2.45) is 0 Å². The first kappa shape index (κ1) is 13.2. The summed E-state index contributed by atoms with van der Waals surface area (Å²) in [5, 5.41) is 20.8. The second-order valence-corrected chi connectivity index (χ2v) is 5.74. The fourth-order valence-corrected chi connectivity index (χ4v) is 3.25. The number of hydrogen-bond acceptors (Lipinski definition) is 2. The Bertz CT molecular complexity index is 606. The first-order chi connectivity index (χ1) is 9.67. The summed E-state index contributed by atoms with van der Waals surface area (Å²) >= 11 is 0. The van der Waals surface area contributed by atoms with Crippen LogP contribution in [0.3, 0.4) is 0 Å². The van der Waals surface area contributed by atoms with E-state index in [-0.39, 0.29) is 5.75 Å². The maximum absolute atomic E-state index is 11.2. The standard InChI is InChI=1S/C18H20O2/c19-16-9-5-6-14(12-16)13-18(20)11-4-3-8-15-7-1-2-10-17(15)18/h1-2,5-7,9-10,12,19-20H,3-4,8,11,13H2. The number of fused-ring (bicyclic) bond motifs is 1. The minimum absolute atomic E-state index is 0.257. The van der Waals surface area contributed by atoms with Crippen molar-refractivity contribution < 1.29 is 10.2 Å². The molecule has 0 saturated carbocycles. The predicted octanol–water partition coefficient (Wildman–Crippen LogP) is 3.55. The van der Waals surface area contributed by atoms with Gasteiger partial charge in [0.05, 0.1) is 5.60 Å². The monoisotopic (exact) mass is 268 g/mol. The number of phenolic OH excluding ortho intramolecular Hbond substituents is 1. The molecule has 0 radical (unpaired) electrons. The number of rotatable bonds is 2. The fraction of sp³-hybridized carbons (Fsp3) is 0.333. The first-order valence-corrected chi connectivity index (χ1v) is 7.26. The van der Waals surface area contributed by atoms with Gasteiger partial charge in [-0.25, -0.2) is 0 Å². The van der Waals surface area contributed by atoms with Gasteiger partial charge >= 0.3 is 0 Å². The molecule has 3 rings (SSSR count). The summed E-state index contributed by atoms with van der Waals surface area (Å²) in [6, 6.07) is 15.4. The van der Waals surface area contributed by atoms with Crippen LogP contribution in [0.5, 0.6) is 5.75 Å². The van der Waals surface area contributed by atoms with E-state index in [4.69, 9.17) is 0 Å². The lowest BCUT2D eigenvalue weighted by molar-refractivity contribution is 0.0272. The molecular weight excluding hydrogens is 248 g/mol. The molecular formula is C18H20O2. The Balaban J connectivity index is 1.98. The van der Waals surface area contributed by atoms with Crippen molar-refractivity contribution in [1.29, 1.82) is 0 Å². The van der Waals surface area contributed by atoms with E-state index >= 15 is 0 Å². The van der Waals surface area contributed by atoms with Crippen LogP contribution in [0, 0.1) is 0 Å². The molecule has 2 aromatic rings. The Morgan fingerprint density at radius 3 is 2.70 bits per heavy atom. The molecule has 0 saturated heterocycles. The SMILES string of the molecule is Oc1cccc(CC2(O)CCCCc3ccccc32)c1. The summed E-state index contributed by atoms with van der Waals surface area (Å²) < 4.78 is 0. The normalized spacial score (nSPS) is 22.1. The van der Waals surface area contributed by atoms with Gasteiger partial charge in [0.15, 0.2) is 0 Å². The third kappa shape index (κ3) is 2.56. The molecule has 0 aromatic heterocycles. The van der Waals surface area contributed by atoms with Gasteiger partial charge in [0.25, 0.3) is 0 Å². The van der Waals surface area contributed by atoms with Crippen molar-refractivity contribution in [2.45, 2.75) is 37.7 Å². The summed E-state index contributed by atoms with van der Waals surface area (Å²) in [4.78, 5) is 0. The molecule has 0 heterocycles. The number of phenols is 1. The van der Waals surface area contributed by atoms with Crippen LogP contribution in [-0.2, 0) is 18.4 Å². The van der Waals surface area contributed by atoms with Gasteiger partial charge < -0.3 is 10.2 Å². The van der Waals surface area contributed by atoms with E-state index in [1.807, 2.05) is 30.3 Å². The zero-order valence-corrected chi connectivity index (χ0v) is 11.5. The smallest absolute Gasteiger partial charge is 0.115 e. The van der Waals surface area contributed by atoms with Gasteiger partial charge in [0, 0.05) is 6.42 Å². The van der Waals surface area contributed by atoms with Gasteiger partial charge in [-0.1, -0.05) is 36.4 Å². The summed E-state index contributed by atoms with van der Waals surface area (Å²) in [6.45, 7) is 0. The van der Waals surface area contributed by atoms with Crippen LogP contribution in [-0.4, -0.2) is 10.2 Å². The van der Waals surface area contributed by atoms with Crippen LogP contribution in [0.25, 0.3) is 0 Å². The molecule has 0 aliphatic heterocycles. The van der Waals surface area contributed by atoms with Crippen LogP contribution in [0.4, 0.5) is 0 Å². The van der Waals surface area contributed by atoms with E-state index in [1.165, 1.54) is 5.56 Å². The van der Waals surface area contributed by atoms with E-state index in [2.05, 4.69) is 6.07 Å². The third-order valence-corrected chi connectivity index (χ3v) is 4.21. The first-order valence-electron chi connectivity index (χ1n) is 7.26. The van der Waals surface area contributed by atoms with E-state index in [9.17, 15) is 10.2 Å². The quantitative estimate of drug-likeness (QED) is 0.818. The molecule has 1 atom stereocenters. The van der Waals surface area contributed by atoms with Crippen molar-refractivity contribution in [3.05, 3.63) is 65.2 Å². The molecule has 2 N–H and O–H groups in total. The number of hydrogen-bond donors (Lipinski definition) is 2. The van der Waals surface area contributed by atoms with Crippen LogP contribution < -0.4 is 0 Å². The molecule has 2 aromatic carbocycles. The van der Waals surface area contributed by atoms with Gasteiger partial charge in [-0.3, -0.25) is 0 Å². The Kier molecular flexibility index (Phi) is 3.49. The van der Waals surface area contributed by atoms with Crippen LogP contribution in [0.2, 0.25) is 0 Å². The van der Waals surface area contributed by atoms with Crippen LogP contribution >= 0.6 is 0 Å². The average Bonchev–Trinajstić information content (AvgIpc) is 2.59. The van der Waals surface area contributed by atoms with E-state index in [0.717, 1.165) is 36.8 Å². The summed E-state index contributed by atoms with van der Waals surface area (Å²) in [7, 11) is 0. The minimum Gasteiger partial charge on any atom is -0.508 e. The molecule has 104 valence electrons. The summed E-state index contributed by atoms with van der Waals surface area (Å²) in [5.41, 5.74) is 2.47. The highest BCUT2D eigenvalue weighted by Gasteiger charge is 2.32. The van der Waals surface area contributed by atoms with Gasteiger partial charge in [0.2, 0.25) is 0 Å². The second kappa shape index (κ2) is 5.29. The maximum Gasteiger partial charge on any atom is 0.115 e. The fourth-order valence-electron chi connectivity index (χ4n) is 3.25. The van der Waals surface area contributed by atoms with E-state index < -0.39 is 5.60 Å². The molecule has 0 amide bonds. The number of aliphatic hydroxyl groups is 1. The van der Waals surface area contributed by atoms with Gasteiger partial charge in [-0.2, -0.15) is 0 Å². The maximum atomic E-state index is 11.2. The predicted molar refractivity (Wildman–Crippen MR) is 79.7 cm³/mol. The van der Waals surface area contributed by atoms with Crippen molar-refractivity contribution >= 4 is 0 Å². The third-order valence-electron chi connectivity index (χ3n) is 4.21. The highest BCUT2D eigenvalue weighted by atomic mass is 16.3. The molecule has 0 spiro atoms. The van der Waals surface area contributed by atoms with Crippen molar-refractivity contribution in [3.8, 4) is 5.75 Å². The number of benzene rings is 2. The number of aromatic hydroxyl groups is 1. The molecule has 1 aliphatic rings. The Hall–Kier alpha value is -1.80. The second-order valence-electron chi connectivity index (χ2n) is 5.74. The Labute approximate surface area is 119 Å². The van der Waals surface area contributed by atoms with Crippen LogP contribution in [0.15, 0.2) is 48.5 Å². The van der Waals surface area contributed by atoms with Crippen molar-refractivity contribution in [3.63, 3.8) is 0 Å². The minimum atomic E-state index is -0.819. The zero-order valence-electron chi connectivity index (χ0n) is 11.5.